The van der Waals surface area contributed by atoms with Crippen molar-refractivity contribution in [1.29, 1.82) is 0 Å². The van der Waals surface area contributed by atoms with Crippen LogP contribution in [0, 0.1) is 23.0 Å². The Morgan fingerprint density at radius 3 is 2.75 bits per heavy atom. The maximum atomic E-state index is 12.6. The van der Waals surface area contributed by atoms with Crippen LogP contribution in [0.4, 0.5) is 5.69 Å². The molecule has 3 aromatic rings. The van der Waals surface area contributed by atoms with E-state index in [2.05, 4.69) is 44.2 Å². The number of non-ortho nitro benzene ring substituents is 1. The van der Waals surface area contributed by atoms with E-state index in [-0.39, 0.29) is 17.3 Å². The number of aryl methyl sites for hydroxylation is 1. The number of aromatic nitrogens is 6. The van der Waals surface area contributed by atoms with Gasteiger partial charge in [0, 0.05) is 31.6 Å². The third-order valence-electron chi connectivity index (χ3n) is 4.78. The molecule has 0 fully saturated rings. The van der Waals surface area contributed by atoms with Crippen LogP contribution >= 0.6 is 11.8 Å². The maximum Gasteiger partial charge on any atom is 0.273 e. The van der Waals surface area contributed by atoms with E-state index >= 15 is 0 Å². The first-order chi connectivity index (χ1) is 15.3. The van der Waals surface area contributed by atoms with Crippen molar-refractivity contribution >= 4 is 23.4 Å². The summed E-state index contributed by atoms with van der Waals surface area (Å²) in [7, 11) is 0. The molecule has 0 saturated carbocycles. The normalized spacial score (nSPS) is 11.2. The molecule has 0 aliphatic rings. The number of hydrogen-bond acceptors (Lipinski definition) is 8. The van der Waals surface area contributed by atoms with Crippen LogP contribution in [-0.4, -0.2) is 53.4 Å². The highest BCUT2D eigenvalue weighted by molar-refractivity contribution is 7.98. The van der Waals surface area contributed by atoms with Crippen molar-refractivity contribution in [3.05, 3.63) is 51.6 Å². The molecule has 32 heavy (non-hydrogen) atoms. The summed E-state index contributed by atoms with van der Waals surface area (Å²) < 4.78 is 3.55. The third kappa shape index (κ3) is 5.31. The summed E-state index contributed by atoms with van der Waals surface area (Å²) in [6, 6.07) is 6.02. The number of thioether (sulfide) groups is 1. The van der Waals surface area contributed by atoms with Gasteiger partial charge in [0.15, 0.2) is 10.9 Å². The molecule has 2 heterocycles. The van der Waals surface area contributed by atoms with Crippen LogP contribution in [-0.2, 0) is 13.0 Å². The van der Waals surface area contributed by atoms with Crippen LogP contribution in [0.3, 0.4) is 0 Å². The second-order valence-electron chi connectivity index (χ2n) is 7.68. The van der Waals surface area contributed by atoms with Crippen molar-refractivity contribution in [2.45, 2.75) is 45.3 Å². The zero-order chi connectivity index (χ0) is 23.3. The molecular weight excluding hydrogens is 432 g/mol. The number of amides is 1. The van der Waals surface area contributed by atoms with Crippen LogP contribution in [0.15, 0.2) is 29.4 Å². The summed E-state index contributed by atoms with van der Waals surface area (Å²) >= 11 is 1.57. The van der Waals surface area contributed by atoms with E-state index in [1.165, 1.54) is 16.8 Å². The number of nitrogens with one attached hydrogen (secondary N) is 1. The predicted molar refractivity (Wildman–Crippen MR) is 120 cm³/mol. The molecule has 11 nitrogen and oxygen atoms in total. The Morgan fingerprint density at radius 2 is 2.06 bits per heavy atom. The average Bonchev–Trinajstić information content (AvgIpc) is 3.33. The number of nitro benzene ring substituents is 1. The maximum absolute atomic E-state index is 12.6. The molecule has 3 rings (SSSR count). The highest BCUT2D eigenvalue weighted by Crippen LogP contribution is 2.19. The van der Waals surface area contributed by atoms with Gasteiger partial charge in [-0.2, -0.15) is 0 Å². The van der Waals surface area contributed by atoms with E-state index in [0.29, 0.717) is 36.7 Å². The van der Waals surface area contributed by atoms with Gasteiger partial charge in [-0.25, -0.2) is 4.68 Å². The molecule has 0 spiro atoms. The largest absolute Gasteiger partial charge is 0.351 e. The summed E-state index contributed by atoms with van der Waals surface area (Å²) in [5.74, 6) is 1.05. The minimum atomic E-state index is -0.479. The molecule has 0 aliphatic carbocycles. The topological polar surface area (TPSA) is 134 Å². The predicted octanol–water partition coefficient (Wildman–Crippen LogP) is 2.82. The van der Waals surface area contributed by atoms with Gasteiger partial charge in [0.2, 0.25) is 0 Å². The molecule has 0 aliphatic heterocycles. The number of carbonyl (C=O) groups is 1. The Balaban J connectivity index is 1.61. The highest BCUT2D eigenvalue weighted by Gasteiger charge is 2.18. The first-order valence-corrected chi connectivity index (χ1v) is 11.5. The van der Waals surface area contributed by atoms with Crippen molar-refractivity contribution in [2.24, 2.45) is 5.92 Å². The Kier molecular flexibility index (Phi) is 7.57. The highest BCUT2D eigenvalue weighted by atomic mass is 32.2. The Hall–Kier alpha value is -3.28. The van der Waals surface area contributed by atoms with Gasteiger partial charge in [-0.15, -0.1) is 15.3 Å². The molecule has 2 aromatic heterocycles. The minimum absolute atomic E-state index is 0.0571. The smallest absolute Gasteiger partial charge is 0.273 e. The van der Waals surface area contributed by atoms with Gasteiger partial charge in [-0.3, -0.25) is 14.9 Å². The van der Waals surface area contributed by atoms with Crippen LogP contribution in [0.5, 0.6) is 0 Å². The molecule has 0 atom stereocenters. The molecule has 0 unspecified atom stereocenters. The fraction of sp³-hybridized carbons (Fsp3) is 0.450. The molecule has 0 bridgehead atoms. The van der Waals surface area contributed by atoms with Crippen LogP contribution in [0.1, 0.15) is 42.3 Å². The van der Waals surface area contributed by atoms with Crippen LogP contribution in [0.25, 0.3) is 5.69 Å². The monoisotopic (exact) mass is 458 g/mol. The molecule has 170 valence electrons. The van der Waals surface area contributed by atoms with Gasteiger partial charge >= 0.3 is 0 Å². The fourth-order valence-corrected chi connectivity index (χ4v) is 3.78. The molecule has 1 amide bonds. The molecule has 1 aromatic carbocycles. The summed E-state index contributed by atoms with van der Waals surface area (Å²) in [4.78, 5) is 23.1. The van der Waals surface area contributed by atoms with E-state index in [0.717, 1.165) is 17.5 Å². The van der Waals surface area contributed by atoms with E-state index in [1.54, 1.807) is 30.8 Å². The third-order valence-corrected chi connectivity index (χ3v) is 5.45. The van der Waals surface area contributed by atoms with E-state index in [1.807, 2.05) is 6.26 Å². The van der Waals surface area contributed by atoms with E-state index < -0.39 is 4.92 Å². The number of nitrogens with zero attached hydrogens (tertiary/aromatic N) is 7. The van der Waals surface area contributed by atoms with Crippen molar-refractivity contribution in [1.82, 2.24) is 35.1 Å². The Labute approximate surface area is 189 Å². The quantitative estimate of drug-likeness (QED) is 0.212. The van der Waals surface area contributed by atoms with Crippen LogP contribution < -0.4 is 5.32 Å². The number of rotatable bonds is 10. The van der Waals surface area contributed by atoms with Gasteiger partial charge in [0.25, 0.3) is 11.6 Å². The van der Waals surface area contributed by atoms with Gasteiger partial charge in [-0.1, -0.05) is 36.9 Å². The average molecular weight is 459 g/mol. The van der Waals surface area contributed by atoms with Gasteiger partial charge < -0.3 is 9.88 Å². The van der Waals surface area contributed by atoms with Crippen molar-refractivity contribution in [3.8, 4) is 5.69 Å². The van der Waals surface area contributed by atoms with Crippen molar-refractivity contribution < 1.29 is 9.72 Å². The van der Waals surface area contributed by atoms with Crippen molar-refractivity contribution in [2.75, 3.05) is 12.8 Å². The fourth-order valence-electron chi connectivity index (χ4n) is 3.26. The Morgan fingerprint density at radius 1 is 1.28 bits per heavy atom. The number of nitro groups is 1. The first kappa shape index (κ1) is 23.4. The lowest BCUT2D eigenvalue weighted by Crippen LogP contribution is -2.26. The van der Waals surface area contributed by atoms with Gasteiger partial charge in [-0.05, 0) is 31.6 Å². The molecule has 0 radical (unpaired) electrons. The standard InChI is InChI=1S/C20H26N8O3S/c1-13(2)12-26-17(22-24-20(26)32-4)9-6-10-21-19(29)18-14(3)27(25-23-18)15-7-5-8-16(11-15)28(30)31/h5,7-8,11,13H,6,9-10,12H2,1-4H3,(H,21,29). The lowest BCUT2D eigenvalue weighted by Gasteiger charge is -2.11. The van der Waals surface area contributed by atoms with Gasteiger partial charge in [0.05, 0.1) is 16.3 Å². The first-order valence-electron chi connectivity index (χ1n) is 10.2. The number of hydrogen-bond donors (Lipinski definition) is 1. The number of carbonyl (C=O) groups excluding carboxylic acids is 1. The van der Waals surface area contributed by atoms with E-state index in [4.69, 9.17) is 0 Å². The van der Waals surface area contributed by atoms with Gasteiger partial charge in [0.1, 0.15) is 5.82 Å². The zero-order valence-electron chi connectivity index (χ0n) is 18.5. The lowest BCUT2D eigenvalue weighted by molar-refractivity contribution is -0.384. The molecular formula is C20H26N8O3S. The zero-order valence-corrected chi connectivity index (χ0v) is 19.3. The van der Waals surface area contributed by atoms with Crippen molar-refractivity contribution in [3.63, 3.8) is 0 Å². The summed E-state index contributed by atoms with van der Waals surface area (Å²) in [5, 5.41) is 31.2. The SMILES string of the molecule is CSc1nnc(CCCNC(=O)c2nnn(-c3cccc([N+](=O)[O-])c3)c2C)n1CC(C)C. The summed E-state index contributed by atoms with van der Waals surface area (Å²) in [6.45, 7) is 7.30. The Bertz CT molecular complexity index is 1110. The van der Waals surface area contributed by atoms with E-state index in [9.17, 15) is 14.9 Å². The molecule has 1 N–H and O–H groups in total. The summed E-state index contributed by atoms with van der Waals surface area (Å²) in [6.07, 6.45) is 3.38. The van der Waals surface area contributed by atoms with Crippen LogP contribution in [0.2, 0.25) is 0 Å². The summed E-state index contributed by atoms with van der Waals surface area (Å²) in [5.41, 5.74) is 1.10. The second kappa shape index (κ2) is 10.4. The lowest BCUT2D eigenvalue weighted by atomic mass is 10.2. The molecule has 0 saturated heterocycles. The second-order valence-corrected chi connectivity index (χ2v) is 8.45. The number of benzene rings is 1. The molecule has 12 heteroatoms. The minimum Gasteiger partial charge on any atom is -0.351 e.